The van der Waals surface area contributed by atoms with E-state index >= 15 is 0 Å². The summed E-state index contributed by atoms with van der Waals surface area (Å²) >= 11 is 0. The molecule has 0 heterocycles. The molecule has 68 valence electrons. The monoisotopic (exact) mass is 180 g/mol. The number of rotatable bonds is 4. The van der Waals surface area contributed by atoms with Crippen molar-refractivity contribution in [3.8, 4) is 0 Å². The van der Waals surface area contributed by atoms with Crippen LogP contribution in [0.25, 0.3) is 0 Å². The topological polar surface area (TPSA) is 40.6 Å². The molecule has 0 aliphatic carbocycles. The van der Waals surface area contributed by atoms with E-state index in [0.29, 0.717) is 0 Å². The minimum Gasteiger partial charge on any atom is -0.296 e. The maximum absolute atomic E-state index is 11.2. The second-order valence-corrected chi connectivity index (χ2v) is 5.16. The van der Waals surface area contributed by atoms with E-state index < -0.39 is 9.84 Å². The number of sulfone groups is 1. The van der Waals surface area contributed by atoms with Gasteiger partial charge in [0.1, 0.15) is 11.8 Å². The molecule has 0 radical (unpaired) electrons. The average Bonchev–Trinajstić information content (AvgIpc) is 1.53. The molecule has 0 aromatic rings. The van der Waals surface area contributed by atoms with Crippen molar-refractivity contribution in [2.45, 2.75) is 0 Å². The van der Waals surface area contributed by atoms with Gasteiger partial charge in [0.05, 0.1) is 0 Å². The lowest BCUT2D eigenvalue weighted by Gasteiger charge is -2.13. The Morgan fingerprint density at radius 2 is 1.18 bits per heavy atom. The van der Waals surface area contributed by atoms with Crippen molar-refractivity contribution in [2.24, 2.45) is 0 Å². The van der Waals surface area contributed by atoms with Crippen molar-refractivity contribution in [3.05, 3.63) is 0 Å². The Balaban J connectivity index is 4.03. The zero-order valence-electron chi connectivity index (χ0n) is 7.53. The summed E-state index contributed by atoms with van der Waals surface area (Å²) in [5, 5.41) is 0. The first-order chi connectivity index (χ1) is 4.83. The van der Waals surface area contributed by atoms with Gasteiger partial charge in [-0.1, -0.05) is 0 Å². The summed E-state index contributed by atoms with van der Waals surface area (Å²) in [6, 6.07) is 0. The largest absolute Gasteiger partial charge is 0.296 e. The van der Waals surface area contributed by atoms with E-state index in [-0.39, 0.29) is 11.8 Å². The highest BCUT2D eigenvalue weighted by atomic mass is 32.2. The molecule has 4 nitrogen and oxygen atoms in total. The van der Waals surface area contributed by atoms with Gasteiger partial charge in [0.2, 0.25) is 0 Å². The molecule has 5 heteroatoms. The molecule has 0 saturated heterocycles. The minimum absolute atomic E-state index is 0.116. The first-order valence-corrected chi connectivity index (χ1v) is 5.15. The van der Waals surface area contributed by atoms with Crippen molar-refractivity contribution in [1.29, 1.82) is 0 Å². The van der Waals surface area contributed by atoms with E-state index in [1.165, 1.54) is 0 Å². The predicted octanol–water partition coefficient (Wildman–Crippen LogP) is -0.561. The van der Waals surface area contributed by atoms with E-state index in [1.54, 1.807) is 38.0 Å². The first kappa shape index (κ1) is 10.9. The highest BCUT2D eigenvalue weighted by molar-refractivity contribution is 7.91. The van der Waals surface area contributed by atoms with Crippen LogP contribution in [0.5, 0.6) is 0 Å². The second-order valence-electron chi connectivity index (χ2n) is 3.16. The highest BCUT2D eigenvalue weighted by Crippen LogP contribution is 1.93. The van der Waals surface area contributed by atoms with Crippen molar-refractivity contribution in [1.82, 2.24) is 9.80 Å². The van der Waals surface area contributed by atoms with Crippen LogP contribution < -0.4 is 0 Å². The van der Waals surface area contributed by atoms with Crippen molar-refractivity contribution in [2.75, 3.05) is 39.9 Å². The van der Waals surface area contributed by atoms with Crippen LogP contribution in [0.3, 0.4) is 0 Å². The molecule has 0 N–H and O–H groups in total. The Kier molecular flexibility index (Phi) is 3.99. The molecular formula is C6H16N2O2S. The molecule has 0 rings (SSSR count). The van der Waals surface area contributed by atoms with Gasteiger partial charge in [0, 0.05) is 0 Å². The van der Waals surface area contributed by atoms with Crippen molar-refractivity contribution >= 4 is 9.84 Å². The zero-order valence-corrected chi connectivity index (χ0v) is 8.35. The van der Waals surface area contributed by atoms with Crippen LogP contribution in [-0.2, 0) is 9.84 Å². The fourth-order valence-electron chi connectivity index (χ4n) is 0.828. The fraction of sp³-hybridized carbons (Fsp3) is 1.00. The maximum atomic E-state index is 11.2. The van der Waals surface area contributed by atoms with E-state index in [1.807, 2.05) is 0 Å². The molecule has 0 fully saturated rings. The lowest BCUT2D eigenvalue weighted by Crippen LogP contribution is -2.30. The van der Waals surface area contributed by atoms with E-state index in [9.17, 15) is 8.42 Å². The second kappa shape index (κ2) is 4.04. The first-order valence-electron chi connectivity index (χ1n) is 3.33. The normalized spacial score (nSPS) is 12.9. The average molecular weight is 180 g/mol. The van der Waals surface area contributed by atoms with Crippen LogP contribution in [0.15, 0.2) is 0 Å². The van der Waals surface area contributed by atoms with Gasteiger partial charge < -0.3 is 0 Å². The van der Waals surface area contributed by atoms with Crippen LogP contribution in [0.2, 0.25) is 0 Å². The van der Waals surface area contributed by atoms with Gasteiger partial charge >= 0.3 is 0 Å². The van der Waals surface area contributed by atoms with Crippen LogP contribution in [0, 0.1) is 0 Å². The Hall–Kier alpha value is -0.130. The Morgan fingerprint density at radius 1 is 0.909 bits per heavy atom. The quantitative estimate of drug-likeness (QED) is 0.581. The Bertz CT molecular complexity index is 181. The van der Waals surface area contributed by atoms with E-state index in [0.717, 1.165) is 0 Å². The molecule has 0 aliphatic rings. The predicted molar refractivity (Wildman–Crippen MR) is 46.0 cm³/mol. The summed E-state index contributed by atoms with van der Waals surface area (Å²) in [4.78, 5) is 3.30. The van der Waals surface area contributed by atoms with Gasteiger partial charge in [0.15, 0.2) is 9.84 Å². The summed E-state index contributed by atoms with van der Waals surface area (Å²) < 4.78 is 22.3. The van der Waals surface area contributed by atoms with Crippen molar-refractivity contribution < 1.29 is 8.42 Å². The minimum atomic E-state index is -2.93. The molecule has 0 bridgehead atoms. The van der Waals surface area contributed by atoms with Crippen molar-refractivity contribution in [3.63, 3.8) is 0 Å². The van der Waals surface area contributed by atoms with Gasteiger partial charge in [0.25, 0.3) is 0 Å². The summed E-state index contributed by atoms with van der Waals surface area (Å²) in [5.74, 6) is 0.232. The van der Waals surface area contributed by atoms with Gasteiger partial charge in [-0.25, -0.2) is 8.42 Å². The molecule has 0 aromatic heterocycles. The zero-order chi connectivity index (χ0) is 9.07. The van der Waals surface area contributed by atoms with Gasteiger partial charge in [-0.2, -0.15) is 0 Å². The highest BCUT2D eigenvalue weighted by Gasteiger charge is 2.12. The maximum Gasteiger partial charge on any atom is 0.176 e. The smallest absolute Gasteiger partial charge is 0.176 e. The van der Waals surface area contributed by atoms with Gasteiger partial charge in [-0.05, 0) is 28.2 Å². The molecule has 0 aromatic carbocycles. The lowest BCUT2D eigenvalue weighted by atomic mass is 11.0. The van der Waals surface area contributed by atoms with Crippen LogP contribution >= 0.6 is 0 Å². The lowest BCUT2D eigenvalue weighted by molar-refractivity contribution is 0.432. The van der Waals surface area contributed by atoms with Crippen LogP contribution in [-0.4, -0.2) is 58.2 Å². The third kappa shape index (κ3) is 6.28. The molecule has 0 unspecified atom stereocenters. The summed E-state index contributed by atoms with van der Waals surface area (Å²) in [5.41, 5.74) is 0. The molecule has 0 aliphatic heterocycles. The summed E-state index contributed by atoms with van der Waals surface area (Å²) in [6.07, 6.45) is 0. The third-order valence-corrected chi connectivity index (χ3v) is 2.73. The van der Waals surface area contributed by atoms with Gasteiger partial charge in [-0.3, -0.25) is 9.80 Å². The van der Waals surface area contributed by atoms with E-state index in [2.05, 4.69) is 0 Å². The fourth-order valence-corrected chi connectivity index (χ4v) is 2.48. The standard InChI is InChI=1S/C6H16N2O2S/c1-7(2)5-11(9,10)6-8(3)4/h5-6H2,1-4H3. The van der Waals surface area contributed by atoms with Gasteiger partial charge in [-0.15, -0.1) is 0 Å². The van der Waals surface area contributed by atoms with Crippen LogP contribution in [0.1, 0.15) is 0 Å². The molecule has 0 atom stereocenters. The molecular weight excluding hydrogens is 164 g/mol. The van der Waals surface area contributed by atoms with E-state index in [4.69, 9.17) is 0 Å². The summed E-state index contributed by atoms with van der Waals surface area (Å²) in [6.45, 7) is 0. The number of nitrogens with zero attached hydrogens (tertiary/aromatic N) is 2. The third-order valence-electron chi connectivity index (χ3n) is 0.910. The Labute approximate surface area is 68.7 Å². The Morgan fingerprint density at radius 3 is 1.36 bits per heavy atom. The molecule has 0 spiro atoms. The molecule has 11 heavy (non-hydrogen) atoms. The molecule has 0 amide bonds. The summed E-state index contributed by atoms with van der Waals surface area (Å²) in [7, 11) is 4.04. The SMILES string of the molecule is CN(C)CS(=O)(=O)CN(C)C. The number of hydrogen-bond donors (Lipinski definition) is 0. The number of hydrogen-bond acceptors (Lipinski definition) is 4. The molecule has 0 saturated carbocycles. The van der Waals surface area contributed by atoms with Crippen LogP contribution in [0.4, 0.5) is 0 Å².